The maximum absolute atomic E-state index is 6.16. The standard InChI is InChI=1S/C10H17BrClN3/c1-7(11)5-14(3)6-9-8(2)13-15(4)10(9)12/h7H,5-6H2,1-4H3. The molecule has 0 radical (unpaired) electrons. The van der Waals surface area contributed by atoms with Crippen molar-refractivity contribution in [2.75, 3.05) is 13.6 Å². The molecule has 1 unspecified atom stereocenters. The Kier molecular flexibility index (Phi) is 4.62. The number of aryl methyl sites for hydroxylation is 2. The number of aromatic nitrogens is 2. The lowest BCUT2D eigenvalue weighted by atomic mass is 10.2. The summed E-state index contributed by atoms with van der Waals surface area (Å²) in [6.45, 7) is 5.96. The van der Waals surface area contributed by atoms with Gasteiger partial charge in [0, 0.05) is 30.5 Å². The Morgan fingerprint density at radius 3 is 2.60 bits per heavy atom. The van der Waals surface area contributed by atoms with Crippen molar-refractivity contribution in [2.45, 2.75) is 25.2 Å². The third kappa shape index (κ3) is 3.47. The third-order valence-electron chi connectivity index (χ3n) is 2.26. The van der Waals surface area contributed by atoms with E-state index < -0.39 is 0 Å². The van der Waals surface area contributed by atoms with Crippen LogP contribution in [0.25, 0.3) is 0 Å². The molecule has 86 valence electrons. The Morgan fingerprint density at radius 1 is 1.60 bits per heavy atom. The van der Waals surface area contributed by atoms with Gasteiger partial charge >= 0.3 is 0 Å². The highest BCUT2D eigenvalue weighted by molar-refractivity contribution is 9.09. The number of alkyl halides is 1. The molecule has 5 heteroatoms. The van der Waals surface area contributed by atoms with Crippen molar-refractivity contribution in [3.63, 3.8) is 0 Å². The monoisotopic (exact) mass is 293 g/mol. The minimum atomic E-state index is 0.484. The van der Waals surface area contributed by atoms with Gasteiger partial charge in [-0.2, -0.15) is 5.10 Å². The van der Waals surface area contributed by atoms with Crippen LogP contribution in [0.15, 0.2) is 0 Å². The second kappa shape index (κ2) is 5.32. The fourth-order valence-electron chi connectivity index (χ4n) is 1.62. The van der Waals surface area contributed by atoms with Gasteiger partial charge in [0.05, 0.1) is 5.69 Å². The van der Waals surface area contributed by atoms with E-state index in [9.17, 15) is 0 Å². The molecule has 0 bridgehead atoms. The average Bonchev–Trinajstić information content (AvgIpc) is 2.31. The lowest BCUT2D eigenvalue weighted by molar-refractivity contribution is 0.332. The van der Waals surface area contributed by atoms with Crippen LogP contribution in [0.2, 0.25) is 5.15 Å². The van der Waals surface area contributed by atoms with Crippen molar-refractivity contribution in [1.29, 1.82) is 0 Å². The van der Waals surface area contributed by atoms with Gasteiger partial charge in [-0.25, -0.2) is 0 Å². The van der Waals surface area contributed by atoms with Gasteiger partial charge in [-0.1, -0.05) is 34.5 Å². The van der Waals surface area contributed by atoms with Gasteiger partial charge in [0.15, 0.2) is 0 Å². The summed E-state index contributed by atoms with van der Waals surface area (Å²) in [6.07, 6.45) is 0. The van der Waals surface area contributed by atoms with Crippen molar-refractivity contribution in [3.05, 3.63) is 16.4 Å². The molecular weight excluding hydrogens is 277 g/mol. The summed E-state index contributed by atoms with van der Waals surface area (Å²) in [7, 11) is 3.95. The fourth-order valence-corrected chi connectivity index (χ4v) is 2.35. The first-order valence-corrected chi connectivity index (χ1v) is 6.21. The number of hydrogen-bond donors (Lipinski definition) is 0. The van der Waals surface area contributed by atoms with Gasteiger partial charge in [0.25, 0.3) is 0 Å². The summed E-state index contributed by atoms with van der Waals surface area (Å²) in [5.41, 5.74) is 2.13. The highest BCUT2D eigenvalue weighted by Crippen LogP contribution is 2.20. The zero-order chi connectivity index (χ0) is 11.6. The molecule has 15 heavy (non-hydrogen) atoms. The van der Waals surface area contributed by atoms with E-state index in [1.54, 1.807) is 4.68 Å². The maximum atomic E-state index is 6.16. The minimum Gasteiger partial charge on any atom is -0.301 e. The lowest BCUT2D eigenvalue weighted by Gasteiger charge is -2.17. The minimum absolute atomic E-state index is 0.484. The van der Waals surface area contributed by atoms with E-state index in [4.69, 9.17) is 11.6 Å². The Bertz CT molecular complexity index is 336. The SMILES string of the molecule is Cc1nn(C)c(Cl)c1CN(C)CC(C)Br. The molecule has 0 aliphatic carbocycles. The average molecular weight is 295 g/mol. The quantitative estimate of drug-likeness (QED) is 0.796. The molecular formula is C10H17BrClN3. The van der Waals surface area contributed by atoms with E-state index in [1.807, 2.05) is 14.0 Å². The summed E-state index contributed by atoms with van der Waals surface area (Å²) in [5.74, 6) is 0. The molecule has 0 aliphatic heterocycles. The topological polar surface area (TPSA) is 21.1 Å². The Hall–Kier alpha value is -0.0600. The van der Waals surface area contributed by atoms with E-state index >= 15 is 0 Å². The first kappa shape index (κ1) is 13.0. The van der Waals surface area contributed by atoms with Crippen LogP contribution in [-0.4, -0.2) is 33.1 Å². The van der Waals surface area contributed by atoms with Crippen molar-refractivity contribution in [3.8, 4) is 0 Å². The predicted octanol–water partition coefficient (Wildman–Crippen LogP) is 2.60. The number of hydrogen-bond acceptors (Lipinski definition) is 2. The third-order valence-corrected chi connectivity index (χ3v) is 3.02. The normalized spacial score (nSPS) is 13.5. The lowest BCUT2D eigenvalue weighted by Crippen LogP contribution is -2.24. The maximum Gasteiger partial charge on any atom is 0.131 e. The number of halogens is 2. The molecule has 0 saturated heterocycles. The van der Waals surface area contributed by atoms with Crippen LogP contribution < -0.4 is 0 Å². The van der Waals surface area contributed by atoms with Gasteiger partial charge in [-0.3, -0.25) is 4.68 Å². The highest BCUT2D eigenvalue weighted by Gasteiger charge is 2.13. The number of nitrogens with zero attached hydrogens (tertiary/aromatic N) is 3. The molecule has 0 fully saturated rings. The van der Waals surface area contributed by atoms with Crippen molar-refractivity contribution < 1.29 is 0 Å². The summed E-state index contributed by atoms with van der Waals surface area (Å²) in [4.78, 5) is 2.72. The molecule has 0 amide bonds. The van der Waals surface area contributed by atoms with Crippen molar-refractivity contribution in [1.82, 2.24) is 14.7 Å². The van der Waals surface area contributed by atoms with Crippen LogP contribution in [0.5, 0.6) is 0 Å². The van der Waals surface area contributed by atoms with Crippen LogP contribution >= 0.6 is 27.5 Å². The van der Waals surface area contributed by atoms with Crippen molar-refractivity contribution in [2.24, 2.45) is 7.05 Å². The second-order valence-corrected chi connectivity index (χ2v) is 5.88. The number of rotatable bonds is 4. The zero-order valence-electron chi connectivity index (χ0n) is 9.59. The van der Waals surface area contributed by atoms with Crippen LogP contribution in [0, 0.1) is 6.92 Å². The largest absolute Gasteiger partial charge is 0.301 e. The molecule has 0 aliphatic rings. The summed E-state index contributed by atoms with van der Waals surface area (Å²) in [6, 6.07) is 0. The van der Waals surface area contributed by atoms with E-state index in [1.165, 1.54) is 0 Å². The van der Waals surface area contributed by atoms with E-state index in [0.717, 1.165) is 29.5 Å². The molecule has 1 atom stereocenters. The molecule has 1 aromatic rings. The summed E-state index contributed by atoms with van der Waals surface area (Å²) >= 11 is 9.69. The first-order chi connectivity index (χ1) is 6.91. The second-order valence-electron chi connectivity index (χ2n) is 3.96. The smallest absolute Gasteiger partial charge is 0.131 e. The highest BCUT2D eigenvalue weighted by atomic mass is 79.9. The molecule has 1 rings (SSSR count). The van der Waals surface area contributed by atoms with Crippen LogP contribution in [0.4, 0.5) is 0 Å². The molecule has 0 saturated carbocycles. The molecule has 0 aromatic carbocycles. The Morgan fingerprint density at radius 2 is 2.20 bits per heavy atom. The molecule has 3 nitrogen and oxygen atoms in total. The van der Waals surface area contributed by atoms with E-state index in [2.05, 4.69) is 39.9 Å². The Balaban J connectivity index is 2.71. The summed E-state index contributed by atoms with van der Waals surface area (Å²) in [5, 5.41) is 5.03. The molecule has 1 aromatic heterocycles. The molecule has 1 heterocycles. The first-order valence-electron chi connectivity index (χ1n) is 4.92. The van der Waals surface area contributed by atoms with Crippen LogP contribution in [-0.2, 0) is 13.6 Å². The van der Waals surface area contributed by atoms with E-state index in [0.29, 0.717) is 4.83 Å². The van der Waals surface area contributed by atoms with Crippen molar-refractivity contribution >= 4 is 27.5 Å². The van der Waals surface area contributed by atoms with Gasteiger partial charge in [0.2, 0.25) is 0 Å². The summed E-state index contributed by atoms with van der Waals surface area (Å²) < 4.78 is 1.72. The van der Waals surface area contributed by atoms with Gasteiger partial charge in [-0.05, 0) is 14.0 Å². The van der Waals surface area contributed by atoms with Gasteiger partial charge < -0.3 is 4.90 Å². The molecule has 0 spiro atoms. The van der Waals surface area contributed by atoms with Gasteiger partial charge in [-0.15, -0.1) is 0 Å². The fraction of sp³-hybridized carbons (Fsp3) is 0.700. The van der Waals surface area contributed by atoms with E-state index in [-0.39, 0.29) is 0 Å². The van der Waals surface area contributed by atoms with Crippen LogP contribution in [0.3, 0.4) is 0 Å². The Labute approximate surface area is 105 Å². The predicted molar refractivity (Wildman–Crippen MR) is 67.7 cm³/mol. The van der Waals surface area contributed by atoms with Crippen LogP contribution in [0.1, 0.15) is 18.2 Å². The molecule has 0 N–H and O–H groups in total. The zero-order valence-corrected chi connectivity index (χ0v) is 11.9. The van der Waals surface area contributed by atoms with Gasteiger partial charge in [0.1, 0.15) is 5.15 Å².